The van der Waals surface area contributed by atoms with Gasteiger partial charge in [-0.25, -0.2) is 8.78 Å². The van der Waals surface area contributed by atoms with Crippen molar-refractivity contribution >= 4 is 17.4 Å². The van der Waals surface area contributed by atoms with Gasteiger partial charge in [-0.15, -0.1) is 10.2 Å². The van der Waals surface area contributed by atoms with Gasteiger partial charge in [0.25, 0.3) is 5.91 Å². The Morgan fingerprint density at radius 1 is 1.08 bits per heavy atom. The highest BCUT2D eigenvalue weighted by Crippen LogP contribution is 2.14. The normalized spacial score (nSPS) is 10.4. The van der Waals surface area contributed by atoms with Crippen LogP contribution in [0.5, 0.6) is 0 Å². The summed E-state index contributed by atoms with van der Waals surface area (Å²) in [5.41, 5.74) is 0.170. The van der Waals surface area contributed by atoms with Gasteiger partial charge in [-0.05, 0) is 36.4 Å². The molecule has 2 aromatic heterocycles. The van der Waals surface area contributed by atoms with Gasteiger partial charge in [0.15, 0.2) is 17.3 Å². The molecule has 6 nitrogen and oxygen atoms in total. The van der Waals surface area contributed by atoms with Crippen LogP contribution in [0.25, 0.3) is 0 Å². The predicted molar refractivity (Wildman–Crippen MR) is 82.4 cm³/mol. The molecule has 8 heteroatoms. The van der Waals surface area contributed by atoms with Crippen LogP contribution in [0, 0.1) is 11.6 Å². The third kappa shape index (κ3) is 3.72. The van der Waals surface area contributed by atoms with Crippen molar-refractivity contribution in [3.05, 3.63) is 71.8 Å². The van der Waals surface area contributed by atoms with Crippen LogP contribution in [0.2, 0.25) is 0 Å². The molecule has 0 aliphatic rings. The minimum Gasteiger partial charge on any atom is -0.467 e. The molecule has 0 saturated heterocycles. The van der Waals surface area contributed by atoms with Gasteiger partial charge in [-0.2, -0.15) is 0 Å². The predicted octanol–water partition coefficient (Wildman–Crippen LogP) is 3.21. The molecule has 0 atom stereocenters. The zero-order valence-electron chi connectivity index (χ0n) is 12.3. The molecule has 0 bridgehead atoms. The van der Waals surface area contributed by atoms with E-state index in [-0.39, 0.29) is 11.4 Å². The van der Waals surface area contributed by atoms with Gasteiger partial charge in [0.05, 0.1) is 12.8 Å². The van der Waals surface area contributed by atoms with E-state index in [1.54, 1.807) is 18.4 Å². The Bertz CT molecular complexity index is 836. The number of nitrogens with zero attached hydrogens (tertiary/aromatic N) is 2. The number of furan rings is 1. The van der Waals surface area contributed by atoms with Crippen LogP contribution in [0.4, 0.5) is 20.3 Å². The van der Waals surface area contributed by atoms with Crippen LogP contribution < -0.4 is 10.6 Å². The molecule has 0 spiro atoms. The van der Waals surface area contributed by atoms with Crippen molar-refractivity contribution in [1.29, 1.82) is 0 Å². The van der Waals surface area contributed by atoms with E-state index in [0.717, 1.165) is 17.9 Å². The second-order valence-electron chi connectivity index (χ2n) is 4.82. The number of hydrogen-bond donors (Lipinski definition) is 2. The standard InChI is InChI=1S/C16H12F2N4O2/c17-12-4-3-10(8-13(12)18)20-16(23)14-5-6-15(22-21-14)19-9-11-2-1-7-24-11/h1-8H,9H2,(H,19,22)(H,20,23). The molecule has 24 heavy (non-hydrogen) atoms. The summed E-state index contributed by atoms with van der Waals surface area (Å²) < 4.78 is 31.1. The molecule has 2 heterocycles. The molecule has 0 aliphatic heterocycles. The molecule has 122 valence electrons. The van der Waals surface area contributed by atoms with E-state index in [0.29, 0.717) is 12.4 Å². The van der Waals surface area contributed by atoms with E-state index in [2.05, 4.69) is 20.8 Å². The van der Waals surface area contributed by atoms with E-state index < -0.39 is 17.5 Å². The average molecular weight is 330 g/mol. The first kappa shape index (κ1) is 15.6. The molecule has 0 unspecified atom stereocenters. The third-order valence-corrected chi connectivity index (χ3v) is 3.10. The zero-order valence-corrected chi connectivity index (χ0v) is 12.3. The number of benzene rings is 1. The van der Waals surface area contributed by atoms with Crippen molar-refractivity contribution in [3.8, 4) is 0 Å². The third-order valence-electron chi connectivity index (χ3n) is 3.10. The number of carbonyl (C=O) groups excluding carboxylic acids is 1. The SMILES string of the molecule is O=C(Nc1ccc(F)c(F)c1)c1ccc(NCc2ccco2)nn1. The molecule has 1 aromatic carbocycles. The first-order valence-corrected chi connectivity index (χ1v) is 6.98. The fourth-order valence-electron chi connectivity index (χ4n) is 1.91. The number of aromatic nitrogens is 2. The van der Waals surface area contributed by atoms with Crippen molar-refractivity contribution in [3.63, 3.8) is 0 Å². The van der Waals surface area contributed by atoms with Gasteiger partial charge in [0, 0.05) is 11.8 Å². The molecule has 0 aliphatic carbocycles. The maximum Gasteiger partial charge on any atom is 0.276 e. The van der Waals surface area contributed by atoms with Crippen molar-refractivity contribution in [2.45, 2.75) is 6.54 Å². The molecular weight excluding hydrogens is 318 g/mol. The number of amides is 1. The summed E-state index contributed by atoms with van der Waals surface area (Å²) in [6.45, 7) is 0.433. The highest BCUT2D eigenvalue weighted by molar-refractivity contribution is 6.02. The van der Waals surface area contributed by atoms with Gasteiger partial charge in [-0.3, -0.25) is 4.79 Å². The number of carbonyl (C=O) groups is 1. The smallest absolute Gasteiger partial charge is 0.276 e. The molecular formula is C16H12F2N4O2. The molecule has 0 saturated carbocycles. The second kappa shape index (κ2) is 6.86. The van der Waals surface area contributed by atoms with Crippen molar-refractivity contribution in [1.82, 2.24) is 10.2 Å². The summed E-state index contributed by atoms with van der Waals surface area (Å²) in [7, 11) is 0. The Kier molecular flexibility index (Phi) is 4.46. The summed E-state index contributed by atoms with van der Waals surface area (Å²) in [6.07, 6.45) is 1.56. The summed E-state index contributed by atoms with van der Waals surface area (Å²) in [5.74, 6) is -1.41. The maximum atomic E-state index is 13.1. The lowest BCUT2D eigenvalue weighted by Gasteiger charge is -2.06. The number of rotatable bonds is 5. The lowest BCUT2D eigenvalue weighted by Crippen LogP contribution is -2.15. The second-order valence-corrected chi connectivity index (χ2v) is 4.82. The van der Waals surface area contributed by atoms with Gasteiger partial charge < -0.3 is 15.1 Å². The molecule has 3 aromatic rings. The Labute approximate surface area is 135 Å². The molecule has 0 radical (unpaired) electrons. The van der Waals surface area contributed by atoms with Gasteiger partial charge in [0.1, 0.15) is 11.6 Å². The highest BCUT2D eigenvalue weighted by atomic mass is 19.2. The van der Waals surface area contributed by atoms with Crippen LogP contribution in [0.1, 0.15) is 16.2 Å². The Morgan fingerprint density at radius 3 is 2.62 bits per heavy atom. The van der Waals surface area contributed by atoms with E-state index in [9.17, 15) is 13.6 Å². The molecule has 2 N–H and O–H groups in total. The number of halogens is 2. The summed E-state index contributed by atoms with van der Waals surface area (Å²) in [6, 6.07) is 9.70. The quantitative estimate of drug-likeness (QED) is 0.751. The highest BCUT2D eigenvalue weighted by Gasteiger charge is 2.10. The fourth-order valence-corrected chi connectivity index (χ4v) is 1.91. The van der Waals surface area contributed by atoms with Crippen LogP contribution in [-0.4, -0.2) is 16.1 Å². The lowest BCUT2D eigenvalue weighted by atomic mass is 10.3. The van der Waals surface area contributed by atoms with Gasteiger partial charge in [-0.1, -0.05) is 0 Å². The Hall–Kier alpha value is -3.29. The minimum absolute atomic E-state index is 0.0447. The van der Waals surface area contributed by atoms with Crippen molar-refractivity contribution in [2.75, 3.05) is 10.6 Å². The first-order valence-electron chi connectivity index (χ1n) is 6.98. The van der Waals surface area contributed by atoms with E-state index in [4.69, 9.17) is 4.42 Å². The molecule has 3 rings (SSSR count). The zero-order chi connectivity index (χ0) is 16.9. The first-order chi connectivity index (χ1) is 11.6. The Balaban J connectivity index is 1.61. The number of hydrogen-bond acceptors (Lipinski definition) is 5. The van der Waals surface area contributed by atoms with Crippen LogP contribution in [0.3, 0.4) is 0 Å². The molecule has 1 amide bonds. The van der Waals surface area contributed by atoms with Crippen LogP contribution in [-0.2, 0) is 6.54 Å². The summed E-state index contributed by atoms with van der Waals surface area (Å²) in [5, 5.41) is 13.1. The average Bonchev–Trinajstić information content (AvgIpc) is 3.10. The van der Waals surface area contributed by atoms with Crippen LogP contribution in [0.15, 0.2) is 53.1 Å². The Morgan fingerprint density at radius 2 is 1.96 bits per heavy atom. The fraction of sp³-hybridized carbons (Fsp3) is 0.0625. The van der Waals surface area contributed by atoms with E-state index >= 15 is 0 Å². The largest absolute Gasteiger partial charge is 0.467 e. The number of nitrogens with one attached hydrogen (secondary N) is 2. The molecule has 0 fully saturated rings. The minimum atomic E-state index is -1.05. The van der Waals surface area contributed by atoms with Crippen LogP contribution >= 0.6 is 0 Å². The monoisotopic (exact) mass is 330 g/mol. The van der Waals surface area contributed by atoms with E-state index in [1.165, 1.54) is 12.1 Å². The maximum absolute atomic E-state index is 13.1. The lowest BCUT2D eigenvalue weighted by molar-refractivity contribution is 0.102. The van der Waals surface area contributed by atoms with E-state index in [1.807, 2.05) is 6.07 Å². The van der Waals surface area contributed by atoms with Gasteiger partial charge in [0.2, 0.25) is 0 Å². The summed E-state index contributed by atoms with van der Waals surface area (Å²) >= 11 is 0. The summed E-state index contributed by atoms with van der Waals surface area (Å²) in [4.78, 5) is 12.0. The topological polar surface area (TPSA) is 80.0 Å². The number of anilines is 2. The van der Waals surface area contributed by atoms with Gasteiger partial charge >= 0.3 is 0 Å². The van der Waals surface area contributed by atoms with Crippen molar-refractivity contribution < 1.29 is 18.0 Å². The van der Waals surface area contributed by atoms with Crippen molar-refractivity contribution in [2.24, 2.45) is 0 Å².